The zero-order chi connectivity index (χ0) is 55.0. The van der Waals surface area contributed by atoms with Crippen LogP contribution in [0.25, 0.3) is 0 Å². The highest BCUT2D eigenvalue weighted by Gasteiger charge is 2.19. The predicted octanol–water partition coefficient (Wildman–Crippen LogP) is 21.8. The van der Waals surface area contributed by atoms with Crippen LogP contribution >= 0.6 is 0 Å². The van der Waals surface area contributed by atoms with Crippen molar-refractivity contribution in [1.29, 1.82) is 0 Å². The number of rotatable bonds is 57. The molecule has 0 aliphatic rings. The van der Waals surface area contributed by atoms with Gasteiger partial charge >= 0.3 is 17.9 Å². The number of unbranched alkanes of at least 4 members (excludes halogenated alkanes) is 28. The molecule has 0 aliphatic heterocycles. The van der Waals surface area contributed by atoms with Crippen LogP contribution in [0.3, 0.4) is 0 Å². The Hall–Kier alpha value is -3.93. The van der Waals surface area contributed by atoms with Crippen molar-refractivity contribution < 1.29 is 28.6 Å². The third-order valence-corrected chi connectivity index (χ3v) is 13.5. The van der Waals surface area contributed by atoms with Crippen molar-refractivity contribution in [1.82, 2.24) is 0 Å². The lowest BCUT2D eigenvalue weighted by molar-refractivity contribution is -0.167. The standard InChI is InChI=1S/C70H118O6/c1-4-7-10-13-16-19-22-24-26-28-29-30-31-32-33-34-35-36-37-38-39-40-41-43-44-46-48-51-54-57-60-63-69(72)75-66-67(65-74-68(71)62-59-56-53-50-21-18-15-12-9-6-3)76-70(73)64-61-58-55-52-49-47-45-42-27-25-23-20-17-14-11-8-5-2/h7-8,10-11,16-17,19-20,24-27,29-30,32-33,35-36,67H,4-6,9,12-15,18,21-23,28,31,34,37-66H2,1-3H3/b10-7-,11-8-,19-16-,20-17-,26-24-,27-25-,30-29-,33-32-,36-35-. The molecule has 76 heavy (non-hydrogen) atoms. The Morgan fingerprint density at radius 3 is 0.803 bits per heavy atom. The lowest BCUT2D eigenvalue weighted by Crippen LogP contribution is -2.30. The number of carbonyl (C=O) groups excluding carboxylic acids is 3. The van der Waals surface area contributed by atoms with Crippen LogP contribution in [0.5, 0.6) is 0 Å². The summed E-state index contributed by atoms with van der Waals surface area (Å²) in [7, 11) is 0. The van der Waals surface area contributed by atoms with Gasteiger partial charge in [0.15, 0.2) is 6.10 Å². The second kappa shape index (κ2) is 63.6. The molecule has 1 atom stereocenters. The van der Waals surface area contributed by atoms with Crippen LogP contribution in [0.1, 0.15) is 297 Å². The molecule has 0 aromatic rings. The third-order valence-electron chi connectivity index (χ3n) is 13.5. The van der Waals surface area contributed by atoms with E-state index in [4.69, 9.17) is 14.2 Å². The van der Waals surface area contributed by atoms with Gasteiger partial charge in [0.2, 0.25) is 0 Å². The van der Waals surface area contributed by atoms with E-state index in [2.05, 4.69) is 130 Å². The monoisotopic (exact) mass is 1050 g/mol. The maximum absolute atomic E-state index is 12.9. The van der Waals surface area contributed by atoms with Gasteiger partial charge in [-0.2, -0.15) is 0 Å². The van der Waals surface area contributed by atoms with Crippen LogP contribution in [0.2, 0.25) is 0 Å². The van der Waals surface area contributed by atoms with Crippen LogP contribution < -0.4 is 0 Å². The Bertz CT molecular complexity index is 1540. The summed E-state index contributed by atoms with van der Waals surface area (Å²) in [5.41, 5.74) is 0. The van der Waals surface area contributed by atoms with Crippen LogP contribution in [0, 0.1) is 0 Å². The van der Waals surface area contributed by atoms with Gasteiger partial charge in [0.1, 0.15) is 13.2 Å². The molecule has 6 nitrogen and oxygen atoms in total. The molecule has 1 unspecified atom stereocenters. The van der Waals surface area contributed by atoms with E-state index in [9.17, 15) is 14.4 Å². The third kappa shape index (κ3) is 60.9. The largest absolute Gasteiger partial charge is 0.462 e. The summed E-state index contributed by atoms with van der Waals surface area (Å²) in [4.78, 5) is 38.2. The summed E-state index contributed by atoms with van der Waals surface area (Å²) in [5, 5.41) is 0. The molecule has 0 aromatic carbocycles. The predicted molar refractivity (Wildman–Crippen MR) is 330 cm³/mol. The number of allylic oxidation sites excluding steroid dienone is 18. The fraction of sp³-hybridized carbons (Fsp3) is 0.700. The van der Waals surface area contributed by atoms with E-state index in [1.165, 1.54) is 135 Å². The summed E-state index contributed by atoms with van der Waals surface area (Å²) in [6.45, 7) is 6.41. The van der Waals surface area contributed by atoms with E-state index in [-0.39, 0.29) is 31.1 Å². The normalized spacial score (nSPS) is 12.8. The van der Waals surface area contributed by atoms with Crippen molar-refractivity contribution in [3.05, 3.63) is 109 Å². The molecule has 0 radical (unpaired) electrons. The van der Waals surface area contributed by atoms with Crippen molar-refractivity contribution in [3.63, 3.8) is 0 Å². The molecule has 0 N–H and O–H groups in total. The van der Waals surface area contributed by atoms with Gasteiger partial charge in [0.05, 0.1) is 0 Å². The number of ether oxygens (including phenoxy) is 3. The average Bonchev–Trinajstić information content (AvgIpc) is 3.42. The quantitative estimate of drug-likeness (QED) is 0.0261. The van der Waals surface area contributed by atoms with Crippen LogP contribution in [-0.2, 0) is 28.6 Å². The number of hydrogen-bond acceptors (Lipinski definition) is 6. The van der Waals surface area contributed by atoms with Gasteiger partial charge < -0.3 is 14.2 Å². The Morgan fingerprint density at radius 2 is 0.513 bits per heavy atom. The summed E-state index contributed by atoms with van der Waals surface area (Å²) >= 11 is 0. The SMILES string of the molecule is CC/C=C\C/C=C\C/C=C\C/C=C\C/C=C\C/C=C\CCCCCCCCCCCCCCC(=O)OCC(COC(=O)CCCCCCCCCCCC)OC(=O)CCCCCCCCC/C=C\C/C=C\C/C=C\CC. The van der Waals surface area contributed by atoms with E-state index in [1.807, 2.05) is 0 Å². The van der Waals surface area contributed by atoms with Gasteiger partial charge in [-0.15, -0.1) is 0 Å². The maximum Gasteiger partial charge on any atom is 0.306 e. The Labute approximate surface area is 470 Å². The second-order valence-electron chi connectivity index (χ2n) is 20.9. The highest BCUT2D eigenvalue weighted by molar-refractivity contribution is 5.71. The Balaban J connectivity index is 4.19. The number of carbonyl (C=O) groups is 3. The van der Waals surface area contributed by atoms with Crippen LogP contribution in [0.15, 0.2) is 109 Å². The zero-order valence-electron chi connectivity index (χ0n) is 49.7. The number of hydrogen-bond donors (Lipinski definition) is 0. The molecular formula is C70H118O6. The fourth-order valence-electron chi connectivity index (χ4n) is 8.81. The smallest absolute Gasteiger partial charge is 0.306 e. The lowest BCUT2D eigenvalue weighted by Gasteiger charge is -2.18. The van der Waals surface area contributed by atoms with E-state index < -0.39 is 6.10 Å². The first-order valence-electron chi connectivity index (χ1n) is 31.9. The van der Waals surface area contributed by atoms with Crippen molar-refractivity contribution in [2.45, 2.75) is 303 Å². The van der Waals surface area contributed by atoms with E-state index in [0.29, 0.717) is 19.3 Å². The molecule has 434 valence electrons. The first-order valence-corrected chi connectivity index (χ1v) is 31.9. The molecule has 0 saturated carbocycles. The second-order valence-corrected chi connectivity index (χ2v) is 20.9. The minimum Gasteiger partial charge on any atom is -0.462 e. The van der Waals surface area contributed by atoms with Gasteiger partial charge in [-0.25, -0.2) is 0 Å². The minimum absolute atomic E-state index is 0.0801. The summed E-state index contributed by atoms with van der Waals surface area (Å²) in [6, 6.07) is 0. The van der Waals surface area contributed by atoms with Gasteiger partial charge in [-0.3, -0.25) is 14.4 Å². The zero-order valence-corrected chi connectivity index (χ0v) is 49.7. The summed E-state index contributed by atoms with van der Waals surface area (Å²) in [5.74, 6) is -0.887. The van der Waals surface area contributed by atoms with Crippen molar-refractivity contribution in [2.24, 2.45) is 0 Å². The molecule has 0 saturated heterocycles. The van der Waals surface area contributed by atoms with Crippen LogP contribution in [-0.4, -0.2) is 37.2 Å². The molecular weight excluding hydrogens is 937 g/mol. The fourth-order valence-corrected chi connectivity index (χ4v) is 8.81. The van der Waals surface area contributed by atoms with E-state index >= 15 is 0 Å². The molecule has 0 bridgehead atoms. The van der Waals surface area contributed by atoms with E-state index in [1.54, 1.807) is 0 Å². The molecule has 0 amide bonds. The molecule has 0 fully saturated rings. The van der Waals surface area contributed by atoms with Gasteiger partial charge in [0.25, 0.3) is 0 Å². The molecule has 0 heterocycles. The average molecular weight is 1060 g/mol. The molecule has 0 spiro atoms. The van der Waals surface area contributed by atoms with Gasteiger partial charge in [0, 0.05) is 19.3 Å². The first-order chi connectivity index (χ1) is 37.5. The van der Waals surface area contributed by atoms with Crippen molar-refractivity contribution in [2.75, 3.05) is 13.2 Å². The Kier molecular flexibility index (Phi) is 60.3. The molecule has 0 rings (SSSR count). The Morgan fingerprint density at radius 1 is 0.276 bits per heavy atom. The maximum atomic E-state index is 12.9. The first kappa shape index (κ1) is 72.1. The van der Waals surface area contributed by atoms with Crippen LogP contribution in [0.4, 0.5) is 0 Å². The van der Waals surface area contributed by atoms with Crippen molar-refractivity contribution in [3.8, 4) is 0 Å². The summed E-state index contributed by atoms with van der Waals surface area (Å²) < 4.78 is 16.9. The van der Waals surface area contributed by atoms with Gasteiger partial charge in [-0.1, -0.05) is 284 Å². The molecule has 0 aliphatic carbocycles. The molecule has 6 heteroatoms. The lowest BCUT2D eigenvalue weighted by atomic mass is 10.0. The van der Waals surface area contributed by atoms with E-state index in [0.717, 1.165) is 122 Å². The highest BCUT2D eigenvalue weighted by atomic mass is 16.6. The topological polar surface area (TPSA) is 78.9 Å². The summed E-state index contributed by atoms with van der Waals surface area (Å²) in [6.07, 6.45) is 86.7. The highest BCUT2D eigenvalue weighted by Crippen LogP contribution is 2.16. The van der Waals surface area contributed by atoms with Gasteiger partial charge in [-0.05, 0) is 103 Å². The molecule has 0 aromatic heterocycles. The van der Waals surface area contributed by atoms with Crippen molar-refractivity contribution >= 4 is 17.9 Å². The minimum atomic E-state index is -0.783. The number of esters is 3.